The third-order valence-corrected chi connectivity index (χ3v) is 2.51. The van der Waals surface area contributed by atoms with Gasteiger partial charge in [-0.15, -0.1) is 0 Å². The molecule has 1 aromatic heterocycles. The molecule has 6 heteroatoms. The van der Waals surface area contributed by atoms with E-state index in [4.69, 9.17) is 10.6 Å². The fourth-order valence-electron chi connectivity index (χ4n) is 1.55. The van der Waals surface area contributed by atoms with Gasteiger partial charge < -0.3 is 10.1 Å². The zero-order valence-electron chi connectivity index (χ0n) is 10.8. The number of hydrogen-bond donors (Lipinski definition) is 3. The SMILES string of the molecule is Cc1cnc(NN)nc1NCCOc1ccccc1. The molecule has 6 nitrogen and oxygen atoms in total. The van der Waals surface area contributed by atoms with Crippen LogP contribution in [0.4, 0.5) is 11.8 Å². The largest absolute Gasteiger partial charge is 0.492 e. The Morgan fingerprint density at radius 1 is 1.26 bits per heavy atom. The van der Waals surface area contributed by atoms with Crippen molar-refractivity contribution in [3.8, 4) is 5.75 Å². The summed E-state index contributed by atoms with van der Waals surface area (Å²) >= 11 is 0. The lowest BCUT2D eigenvalue weighted by atomic mass is 10.3. The number of aryl methyl sites for hydroxylation is 1. The average molecular weight is 259 g/mol. The summed E-state index contributed by atoms with van der Waals surface area (Å²) in [5.41, 5.74) is 3.37. The molecular formula is C13H17N5O. The molecule has 0 unspecified atom stereocenters. The number of hydrogen-bond acceptors (Lipinski definition) is 6. The Kier molecular flexibility index (Phi) is 4.52. The third kappa shape index (κ3) is 3.82. The minimum Gasteiger partial charge on any atom is -0.492 e. The van der Waals surface area contributed by atoms with Crippen LogP contribution < -0.4 is 21.3 Å². The molecule has 19 heavy (non-hydrogen) atoms. The van der Waals surface area contributed by atoms with Gasteiger partial charge in [0, 0.05) is 11.8 Å². The second-order valence-corrected chi connectivity index (χ2v) is 3.96. The van der Waals surface area contributed by atoms with Crippen LogP contribution in [0, 0.1) is 6.92 Å². The van der Waals surface area contributed by atoms with Crippen LogP contribution in [0.15, 0.2) is 36.5 Å². The summed E-state index contributed by atoms with van der Waals surface area (Å²) < 4.78 is 5.58. The van der Waals surface area contributed by atoms with Crippen molar-refractivity contribution in [3.63, 3.8) is 0 Å². The smallest absolute Gasteiger partial charge is 0.239 e. The summed E-state index contributed by atoms with van der Waals surface area (Å²) in [5, 5.41) is 3.19. The van der Waals surface area contributed by atoms with Gasteiger partial charge in [-0.3, -0.25) is 5.43 Å². The van der Waals surface area contributed by atoms with E-state index in [0.29, 0.717) is 19.1 Å². The van der Waals surface area contributed by atoms with Crippen LogP contribution in [0.25, 0.3) is 0 Å². The molecule has 4 N–H and O–H groups in total. The van der Waals surface area contributed by atoms with E-state index >= 15 is 0 Å². The van der Waals surface area contributed by atoms with Gasteiger partial charge in [0.2, 0.25) is 5.95 Å². The van der Waals surface area contributed by atoms with Gasteiger partial charge in [0.15, 0.2) is 0 Å². The molecule has 0 aliphatic heterocycles. The molecule has 0 atom stereocenters. The Bertz CT molecular complexity index is 518. The van der Waals surface area contributed by atoms with E-state index in [-0.39, 0.29) is 0 Å². The quantitative estimate of drug-likeness (QED) is 0.415. The molecule has 0 saturated carbocycles. The molecule has 1 heterocycles. The van der Waals surface area contributed by atoms with E-state index in [1.54, 1.807) is 6.20 Å². The van der Waals surface area contributed by atoms with Crippen molar-refractivity contribution >= 4 is 11.8 Å². The first kappa shape index (κ1) is 13.1. The molecule has 0 aliphatic rings. The first-order chi connectivity index (χ1) is 9.29. The zero-order valence-corrected chi connectivity index (χ0v) is 10.8. The van der Waals surface area contributed by atoms with Crippen molar-refractivity contribution in [2.75, 3.05) is 23.9 Å². The summed E-state index contributed by atoms with van der Waals surface area (Å²) in [5.74, 6) is 7.26. The molecule has 0 fully saturated rings. The number of benzene rings is 1. The second-order valence-electron chi connectivity index (χ2n) is 3.96. The Balaban J connectivity index is 1.82. The van der Waals surface area contributed by atoms with E-state index in [2.05, 4.69) is 20.7 Å². The van der Waals surface area contributed by atoms with Gasteiger partial charge in [-0.25, -0.2) is 10.8 Å². The number of hydrazine groups is 1. The predicted molar refractivity (Wildman–Crippen MR) is 75.0 cm³/mol. The number of ether oxygens (including phenoxy) is 1. The lowest BCUT2D eigenvalue weighted by Crippen LogP contribution is -2.16. The first-order valence-electron chi connectivity index (χ1n) is 6.01. The van der Waals surface area contributed by atoms with E-state index in [0.717, 1.165) is 17.1 Å². The molecule has 2 aromatic rings. The van der Waals surface area contributed by atoms with Crippen LogP contribution in [-0.4, -0.2) is 23.1 Å². The van der Waals surface area contributed by atoms with Crippen LogP contribution in [0.3, 0.4) is 0 Å². The Morgan fingerprint density at radius 3 is 2.79 bits per heavy atom. The standard InChI is InChI=1S/C13H17N5O/c1-10-9-16-13(18-14)17-12(10)15-7-8-19-11-5-3-2-4-6-11/h2-6,9H,7-8,14H2,1H3,(H2,15,16,17,18). The molecule has 0 aliphatic carbocycles. The molecule has 0 saturated heterocycles. The number of aromatic nitrogens is 2. The molecule has 0 amide bonds. The molecule has 2 rings (SSSR count). The Morgan fingerprint density at radius 2 is 2.05 bits per heavy atom. The maximum atomic E-state index is 5.58. The summed E-state index contributed by atoms with van der Waals surface area (Å²) in [6, 6.07) is 9.68. The lowest BCUT2D eigenvalue weighted by molar-refractivity contribution is 0.332. The van der Waals surface area contributed by atoms with E-state index < -0.39 is 0 Å². The molecule has 1 aromatic carbocycles. The highest BCUT2D eigenvalue weighted by atomic mass is 16.5. The first-order valence-corrected chi connectivity index (χ1v) is 6.01. The van der Waals surface area contributed by atoms with E-state index in [1.165, 1.54) is 0 Å². The normalized spacial score (nSPS) is 10.0. The predicted octanol–water partition coefficient (Wildman–Crippen LogP) is 1.56. The van der Waals surface area contributed by atoms with Gasteiger partial charge in [-0.2, -0.15) is 4.98 Å². The number of nitrogens with one attached hydrogen (secondary N) is 2. The molecule has 100 valence electrons. The number of nitrogens with two attached hydrogens (primary N) is 1. The number of nitrogens with zero attached hydrogens (tertiary/aromatic N) is 2. The maximum absolute atomic E-state index is 5.58. The minimum atomic E-state index is 0.386. The highest BCUT2D eigenvalue weighted by molar-refractivity contribution is 5.45. The molecule has 0 spiro atoms. The van der Waals surface area contributed by atoms with Crippen molar-refractivity contribution in [1.82, 2.24) is 9.97 Å². The van der Waals surface area contributed by atoms with Gasteiger partial charge in [-0.05, 0) is 19.1 Å². The summed E-state index contributed by atoms with van der Waals surface area (Å²) in [6.45, 7) is 3.14. The molecule has 0 radical (unpaired) electrons. The fraction of sp³-hybridized carbons (Fsp3) is 0.231. The van der Waals surface area contributed by atoms with Gasteiger partial charge in [0.05, 0.1) is 6.54 Å². The fourth-order valence-corrected chi connectivity index (χ4v) is 1.55. The topological polar surface area (TPSA) is 85.1 Å². The number of rotatable bonds is 6. The Labute approximate surface area is 112 Å². The number of para-hydroxylation sites is 1. The summed E-state index contributed by atoms with van der Waals surface area (Å²) in [7, 11) is 0. The van der Waals surface area contributed by atoms with Crippen molar-refractivity contribution < 1.29 is 4.74 Å². The van der Waals surface area contributed by atoms with Crippen molar-refractivity contribution in [3.05, 3.63) is 42.1 Å². The van der Waals surface area contributed by atoms with Crippen LogP contribution in [0.2, 0.25) is 0 Å². The Hall–Kier alpha value is -2.34. The van der Waals surface area contributed by atoms with Crippen molar-refractivity contribution in [2.24, 2.45) is 5.84 Å². The van der Waals surface area contributed by atoms with Crippen LogP contribution in [-0.2, 0) is 0 Å². The molecule has 0 bridgehead atoms. The second kappa shape index (κ2) is 6.55. The van der Waals surface area contributed by atoms with E-state index in [1.807, 2.05) is 37.3 Å². The van der Waals surface area contributed by atoms with Crippen LogP contribution in [0.1, 0.15) is 5.56 Å². The monoisotopic (exact) mass is 259 g/mol. The zero-order chi connectivity index (χ0) is 13.5. The third-order valence-electron chi connectivity index (χ3n) is 2.51. The highest BCUT2D eigenvalue weighted by Gasteiger charge is 2.02. The number of anilines is 2. The maximum Gasteiger partial charge on any atom is 0.239 e. The summed E-state index contributed by atoms with van der Waals surface area (Å²) in [6.07, 6.45) is 1.71. The lowest BCUT2D eigenvalue weighted by Gasteiger charge is -2.10. The number of nitrogen functional groups attached to an aromatic ring is 1. The van der Waals surface area contributed by atoms with Crippen LogP contribution in [0.5, 0.6) is 5.75 Å². The van der Waals surface area contributed by atoms with Crippen molar-refractivity contribution in [1.29, 1.82) is 0 Å². The van der Waals surface area contributed by atoms with Crippen molar-refractivity contribution in [2.45, 2.75) is 6.92 Å². The van der Waals surface area contributed by atoms with Gasteiger partial charge in [-0.1, -0.05) is 18.2 Å². The van der Waals surface area contributed by atoms with E-state index in [9.17, 15) is 0 Å². The summed E-state index contributed by atoms with van der Waals surface area (Å²) in [4.78, 5) is 8.24. The highest BCUT2D eigenvalue weighted by Crippen LogP contribution is 2.12. The van der Waals surface area contributed by atoms with Gasteiger partial charge in [0.1, 0.15) is 18.2 Å². The van der Waals surface area contributed by atoms with Gasteiger partial charge >= 0.3 is 0 Å². The average Bonchev–Trinajstić information content (AvgIpc) is 2.46. The van der Waals surface area contributed by atoms with Gasteiger partial charge in [0.25, 0.3) is 0 Å². The van der Waals surface area contributed by atoms with Crippen LogP contribution >= 0.6 is 0 Å². The molecular weight excluding hydrogens is 242 g/mol. The minimum absolute atomic E-state index is 0.386.